The average molecular weight is 1010 g/mol. The summed E-state index contributed by atoms with van der Waals surface area (Å²) in [7, 11) is 1.80. The van der Waals surface area contributed by atoms with Crippen molar-refractivity contribution in [1.29, 1.82) is 0 Å². The van der Waals surface area contributed by atoms with Gasteiger partial charge in [-0.3, -0.25) is 9.59 Å². The van der Waals surface area contributed by atoms with Gasteiger partial charge in [-0.2, -0.15) is 0 Å². The first-order valence-corrected chi connectivity index (χ1v) is 23.6. The number of nitrogens with zero attached hydrogens (tertiary/aromatic N) is 8. The third-order valence-corrected chi connectivity index (χ3v) is 10.00. The van der Waals surface area contributed by atoms with Crippen molar-refractivity contribution in [2.75, 3.05) is 28.3 Å². The number of aromatic amines is 4. The molecule has 6 heterocycles. The van der Waals surface area contributed by atoms with Crippen molar-refractivity contribution in [3.63, 3.8) is 0 Å². The number of benzene rings is 4. The van der Waals surface area contributed by atoms with Crippen LogP contribution in [0.3, 0.4) is 0 Å². The lowest BCUT2D eigenvalue weighted by molar-refractivity contribution is 0.627. The van der Waals surface area contributed by atoms with Gasteiger partial charge in [0.25, 0.3) is 11.1 Å². The minimum Gasteiger partial charge on any atom is -0.388 e. The van der Waals surface area contributed by atoms with E-state index >= 15 is 0 Å². The van der Waals surface area contributed by atoms with Crippen LogP contribution in [-0.2, 0) is 13.1 Å². The standard InChI is InChI=1S/C14H10ClN7O.C14H10FN7O.C9H10FN.C7H8FN.3C2H6/c2*15-7-2-1-3-8-10(7)14(23)22-9(21-8)4-16-12-11-13(18-5-17-11)20-6-19-12;10-7-1-3-8(4-2-7)11-9-5-6-9;1-9-7-4-2-6(8)3-5-7;3*1-2/h2*1-3,5-6H,4H2,(H,21,22,23)(H2,16,17,18,19,20);1-4,9,11H,5-6H2;2-5,9H,1H3;3*1-2H3. The van der Waals surface area contributed by atoms with E-state index in [1.54, 1.807) is 61.9 Å². The van der Waals surface area contributed by atoms with Crippen LogP contribution < -0.4 is 32.4 Å². The van der Waals surface area contributed by atoms with Crippen LogP contribution >= 0.6 is 11.6 Å². The number of aromatic nitrogens is 12. The van der Waals surface area contributed by atoms with Gasteiger partial charge in [0.1, 0.15) is 58.2 Å². The lowest BCUT2D eigenvalue weighted by atomic mass is 10.2. The summed E-state index contributed by atoms with van der Waals surface area (Å²) in [5.41, 5.74) is 4.46. The van der Waals surface area contributed by atoms with E-state index in [4.69, 9.17) is 11.6 Å². The van der Waals surface area contributed by atoms with Gasteiger partial charge in [-0.1, -0.05) is 65.3 Å². The third kappa shape index (κ3) is 15.0. The zero-order valence-electron chi connectivity index (χ0n) is 40.7. The molecular formula is C50H56ClF3N16O2. The molecule has 1 saturated carbocycles. The van der Waals surface area contributed by atoms with Gasteiger partial charge in [0.05, 0.1) is 47.2 Å². The monoisotopic (exact) mass is 1000 g/mol. The molecule has 0 bridgehead atoms. The summed E-state index contributed by atoms with van der Waals surface area (Å²) in [5, 5.41) is 13.0. The molecule has 1 aliphatic rings. The molecule has 0 unspecified atom stereocenters. The number of H-pyrrole nitrogens is 4. The zero-order chi connectivity index (χ0) is 52.0. The van der Waals surface area contributed by atoms with Gasteiger partial charge in [-0.15, -0.1) is 0 Å². The molecule has 0 atom stereocenters. The maximum atomic E-state index is 13.7. The fourth-order valence-corrected chi connectivity index (χ4v) is 6.58. The quantitative estimate of drug-likeness (QED) is 0.0670. The van der Waals surface area contributed by atoms with E-state index in [1.165, 1.54) is 68.2 Å². The molecule has 0 amide bonds. The van der Waals surface area contributed by atoms with E-state index in [0.29, 0.717) is 79.6 Å². The van der Waals surface area contributed by atoms with Crippen molar-refractivity contribution in [1.82, 2.24) is 59.8 Å². The van der Waals surface area contributed by atoms with Crippen LogP contribution in [0.1, 0.15) is 66.0 Å². The summed E-state index contributed by atoms with van der Waals surface area (Å²) >= 11 is 6.04. The summed E-state index contributed by atoms with van der Waals surface area (Å²) in [4.78, 5) is 68.4. The van der Waals surface area contributed by atoms with Gasteiger partial charge in [-0.05, 0) is 85.6 Å². The highest BCUT2D eigenvalue weighted by atomic mass is 35.5. The number of imidazole rings is 2. The van der Waals surface area contributed by atoms with Crippen molar-refractivity contribution in [2.45, 2.75) is 73.5 Å². The van der Waals surface area contributed by atoms with E-state index in [2.05, 4.69) is 81.1 Å². The molecule has 376 valence electrons. The Balaban J connectivity index is 0.000000183. The van der Waals surface area contributed by atoms with E-state index in [9.17, 15) is 22.8 Å². The Kier molecular flexibility index (Phi) is 20.9. The Bertz CT molecular complexity index is 3190. The van der Waals surface area contributed by atoms with E-state index in [1.807, 2.05) is 41.5 Å². The number of hydrogen-bond acceptors (Lipinski definition) is 14. The Hall–Kier alpha value is -8.46. The Morgan fingerprint density at radius 1 is 0.583 bits per heavy atom. The molecule has 1 aliphatic carbocycles. The van der Waals surface area contributed by atoms with Gasteiger partial charge in [0.2, 0.25) is 0 Å². The summed E-state index contributed by atoms with van der Waals surface area (Å²) in [6.45, 7) is 12.5. The maximum Gasteiger partial charge on any atom is 0.261 e. The second kappa shape index (κ2) is 27.7. The van der Waals surface area contributed by atoms with Gasteiger partial charge < -0.3 is 41.2 Å². The Labute approximate surface area is 417 Å². The van der Waals surface area contributed by atoms with E-state index in [0.717, 1.165) is 11.4 Å². The van der Waals surface area contributed by atoms with Crippen LogP contribution in [0.5, 0.6) is 0 Å². The summed E-state index contributed by atoms with van der Waals surface area (Å²) in [6.07, 6.45) is 8.36. The lowest BCUT2D eigenvalue weighted by Crippen LogP contribution is -2.16. The fourth-order valence-electron chi connectivity index (χ4n) is 6.32. The molecule has 18 nitrogen and oxygen atoms in total. The number of anilines is 4. The van der Waals surface area contributed by atoms with Gasteiger partial charge in [0.15, 0.2) is 22.9 Å². The topological polar surface area (TPSA) is 249 Å². The first kappa shape index (κ1) is 54.5. The zero-order valence-corrected chi connectivity index (χ0v) is 41.5. The molecule has 6 aromatic heterocycles. The number of hydrogen-bond donors (Lipinski definition) is 8. The number of fused-ring (bicyclic) bond motifs is 4. The normalized spacial score (nSPS) is 11.0. The van der Waals surface area contributed by atoms with Crippen molar-refractivity contribution < 1.29 is 13.2 Å². The van der Waals surface area contributed by atoms with Crippen LogP contribution in [0.15, 0.2) is 120 Å². The van der Waals surface area contributed by atoms with Crippen LogP contribution in [0.25, 0.3) is 44.1 Å². The third-order valence-electron chi connectivity index (χ3n) is 9.68. The second-order valence-electron chi connectivity index (χ2n) is 14.3. The Morgan fingerprint density at radius 2 is 1.04 bits per heavy atom. The molecule has 0 saturated heterocycles. The molecule has 11 rings (SSSR count). The predicted octanol–water partition coefficient (Wildman–Crippen LogP) is 10.5. The highest BCUT2D eigenvalue weighted by Crippen LogP contribution is 2.25. The van der Waals surface area contributed by atoms with E-state index < -0.39 is 11.4 Å². The SMILES string of the molecule is CC.CC.CC.CNc1ccc(F)cc1.Fc1ccc(NC2CC2)cc1.O=c1[nH]c(CNc2ncnc3nc[nH]c23)nc2cccc(Cl)c12.O=c1[nH]c(CNc2ncnc3nc[nH]c23)nc2cccc(F)c12. The number of rotatable bonds is 9. The van der Waals surface area contributed by atoms with E-state index in [-0.39, 0.29) is 29.1 Å². The van der Waals surface area contributed by atoms with Crippen LogP contribution in [0.2, 0.25) is 5.02 Å². The van der Waals surface area contributed by atoms with Gasteiger partial charge in [0, 0.05) is 24.5 Å². The van der Waals surface area contributed by atoms with Crippen molar-refractivity contribution in [3.05, 3.63) is 165 Å². The molecule has 72 heavy (non-hydrogen) atoms. The molecular weight excluding hydrogens is 949 g/mol. The fraction of sp³-hybridized carbons (Fsp3) is 0.240. The minimum absolute atomic E-state index is 0.0470. The van der Waals surface area contributed by atoms with Crippen molar-refractivity contribution in [2.24, 2.45) is 0 Å². The molecule has 0 aliphatic heterocycles. The average Bonchev–Trinajstić information content (AvgIpc) is 3.84. The largest absolute Gasteiger partial charge is 0.388 e. The first-order chi connectivity index (χ1) is 35.1. The predicted molar refractivity (Wildman–Crippen MR) is 281 cm³/mol. The molecule has 22 heteroatoms. The summed E-state index contributed by atoms with van der Waals surface area (Å²) < 4.78 is 38.3. The maximum absolute atomic E-state index is 13.7. The Morgan fingerprint density at radius 3 is 1.53 bits per heavy atom. The summed E-state index contributed by atoms with van der Waals surface area (Å²) in [6, 6.07) is 22.9. The molecule has 4 aromatic carbocycles. The number of nitrogens with one attached hydrogen (secondary N) is 8. The van der Waals surface area contributed by atoms with Crippen LogP contribution in [0.4, 0.5) is 36.2 Å². The molecule has 0 spiro atoms. The second-order valence-corrected chi connectivity index (χ2v) is 14.7. The van der Waals surface area contributed by atoms with Crippen LogP contribution in [-0.4, -0.2) is 72.9 Å². The lowest BCUT2D eigenvalue weighted by Gasteiger charge is -2.07. The van der Waals surface area contributed by atoms with Gasteiger partial charge >= 0.3 is 0 Å². The molecule has 8 N–H and O–H groups in total. The molecule has 1 fully saturated rings. The van der Waals surface area contributed by atoms with Crippen LogP contribution in [0, 0.1) is 17.5 Å². The highest BCUT2D eigenvalue weighted by Gasteiger charge is 2.20. The smallest absolute Gasteiger partial charge is 0.261 e. The minimum atomic E-state index is -0.592. The number of halogens is 4. The molecule has 10 aromatic rings. The van der Waals surface area contributed by atoms with Crippen molar-refractivity contribution in [3.8, 4) is 0 Å². The summed E-state index contributed by atoms with van der Waals surface area (Å²) in [5.74, 6) is 1.01. The molecule has 0 radical (unpaired) electrons. The highest BCUT2D eigenvalue weighted by molar-refractivity contribution is 6.35. The van der Waals surface area contributed by atoms with Crippen molar-refractivity contribution >= 4 is 78.7 Å². The first-order valence-electron chi connectivity index (χ1n) is 23.2. The van der Waals surface area contributed by atoms with Gasteiger partial charge in [-0.25, -0.2) is 53.0 Å².